The number of nitriles is 1. The van der Waals surface area contributed by atoms with Crippen LogP contribution in [0.1, 0.15) is 5.56 Å². The minimum absolute atomic E-state index is 0.444. The molecule has 0 aliphatic rings. The maximum atomic E-state index is 8.84. The third kappa shape index (κ3) is 1.24. The van der Waals surface area contributed by atoms with Gasteiger partial charge >= 0.3 is 0 Å². The van der Waals surface area contributed by atoms with Gasteiger partial charge in [0.15, 0.2) is 0 Å². The fraction of sp³-hybridized carbons (Fsp3) is 0. The molecule has 2 aromatic rings. The van der Waals surface area contributed by atoms with Crippen LogP contribution in [0.25, 0.3) is 10.9 Å². The second-order valence-corrected chi connectivity index (χ2v) is 3.02. The zero-order valence-corrected chi connectivity index (χ0v) is 7.42. The van der Waals surface area contributed by atoms with Crippen LogP contribution >= 0.6 is 11.6 Å². The van der Waals surface area contributed by atoms with Gasteiger partial charge in [-0.3, -0.25) is 4.98 Å². The van der Waals surface area contributed by atoms with Gasteiger partial charge in [-0.1, -0.05) is 23.7 Å². The van der Waals surface area contributed by atoms with Gasteiger partial charge in [0.25, 0.3) is 0 Å². The summed E-state index contributed by atoms with van der Waals surface area (Å²) in [6.45, 7) is 0. The molecule has 0 fully saturated rings. The number of halogens is 1. The Hall–Kier alpha value is -1.59. The number of benzene rings is 1. The number of fused-ring (bicyclic) bond motifs is 1. The van der Waals surface area contributed by atoms with Crippen molar-refractivity contribution in [2.75, 3.05) is 0 Å². The fourth-order valence-electron chi connectivity index (χ4n) is 1.23. The van der Waals surface area contributed by atoms with Crippen molar-refractivity contribution in [2.24, 2.45) is 0 Å². The second kappa shape index (κ2) is 3.04. The lowest BCUT2D eigenvalue weighted by Crippen LogP contribution is -1.84. The number of pyridine rings is 1. The Morgan fingerprint density at radius 2 is 2.15 bits per heavy atom. The monoisotopic (exact) mass is 188 g/mol. The van der Waals surface area contributed by atoms with E-state index in [0.29, 0.717) is 16.1 Å². The van der Waals surface area contributed by atoms with Crippen LogP contribution in [0.2, 0.25) is 5.02 Å². The van der Waals surface area contributed by atoms with Gasteiger partial charge in [0.05, 0.1) is 16.1 Å². The maximum absolute atomic E-state index is 8.84. The molecular weight excluding hydrogens is 184 g/mol. The number of aromatic nitrogens is 1. The van der Waals surface area contributed by atoms with E-state index in [1.807, 2.05) is 24.3 Å². The molecule has 0 radical (unpaired) electrons. The molecular formula is C10H5ClN2. The summed E-state index contributed by atoms with van der Waals surface area (Å²) in [5.41, 5.74) is 1.11. The lowest BCUT2D eigenvalue weighted by molar-refractivity contribution is 1.39. The van der Waals surface area contributed by atoms with E-state index in [9.17, 15) is 0 Å². The molecule has 13 heavy (non-hydrogen) atoms. The number of nitrogens with zero attached hydrogens (tertiary/aromatic N) is 2. The standard InChI is InChI=1S/C10H5ClN2/c11-9-4-3-7-2-1-5-13-10(7)8(9)6-12/h1-5H. The van der Waals surface area contributed by atoms with Gasteiger partial charge in [0.2, 0.25) is 0 Å². The van der Waals surface area contributed by atoms with Crippen molar-refractivity contribution >= 4 is 22.5 Å². The normalized spacial score (nSPS) is 9.85. The minimum atomic E-state index is 0.444. The molecule has 0 saturated carbocycles. The van der Waals surface area contributed by atoms with Crippen LogP contribution in [0, 0.1) is 11.3 Å². The van der Waals surface area contributed by atoms with Crippen molar-refractivity contribution in [1.82, 2.24) is 4.98 Å². The second-order valence-electron chi connectivity index (χ2n) is 2.61. The Balaban J connectivity index is 2.94. The summed E-state index contributed by atoms with van der Waals surface area (Å²) >= 11 is 5.84. The highest BCUT2D eigenvalue weighted by Gasteiger charge is 2.04. The molecule has 0 unspecified atom stereocenters. The zero-order chi connectivity index (χ0) is 9.26. The first-order chi connectivity index (χ1) is 6.33. The first-order valence-corrected chi connectivity index (χ1v) is 4.14. The summed E-state index contributed by atoms with van der Waals surface area (Å²) in [6.07, 6.45) is 1.65. The first kappa shape index (κ1) is 8.03. The lowest BCUT2D eigenvalue weighted by Gasteiger charge is -1.99. The van der Waals surface area contributed by atoms with E-state index in [-0.39, 0.29) is 0 Å². The van der Waals surface area contributed by atoms with Crippen molar-refractivity contribution in [3.63, 3.8) is 0 Å². The van der Waals surface area contributed by atoms with Crippen molar-refractivity contribution in [3.8, 4) is 6.07 Å². The average molecular weight is 189 g/mol. The van der Waals surface area contributed by atoms with Gasteiger partial charge < -0.3 is 0 Å². The summed E-state index contributed by atoms with van der Waals surface area (Å²) in [4.78, 5) is 4.11. The summed E-state index contributed by atoms with van der Waals surface area (Å²) in [5.74, 6) is 0. The molecule has 2 rings (SSSR count). The molecule has 0 atom stereocenters. The van der Waals surface area contributed by atoms with Gasteiger partial charge in [-0.15, -0.1) is 0 Å². The minimum Gasteiger partial charge on any atom is -0.255 e. The Bertz CT molecular complexity index is 500. The van der Waals surface area contributed by atoms with Crippen LogP contribution in [-0.2, 0) is 0 Å². The number of hydrogen-bond acceptors (Lipinski definition) is 2. The summed E-state index contributed by atoms with van der Waals surface area (Å²) in [7, 11) is 0. The molecule has 0 spiro atoms. The van der Waals surface area contributed by atoms with Gasteiger partial charge in [0, 0.05) is 11.6 Å². The molecule has 3 heteroatoms. The topological polar surface area (TPSA) is 36.7 Å². The van der Waals surface area contributed by atoms with Crippen molar-refractivity contribution in [2.45, 2.75) is 0 Å². The van der Waals surface area contributed by atoms with Crippen molar-refractivity contribution in [3.05, 3.63) is 41.0 Å². The predicted molar refractivity (Wildman–Crippen MR) is 51.5 cm³/mol. The van der Waals surface area contributed by atoms with E-state index >= 15 is 0 Å². The Labute approximate surface area is 80.4 Å². The SMILES string of the molecule is N#Cc1c(Cl)ccc2cccnc12. The van der Waals surface area contributed by atoms with Gasteiger partial charge in [-0.25, -0.2) is 0 Å². The first-order valence-electron chi connectivity index (χ1n) is 3.76. The average Bonchev–Trinajstić information content (AvgIpc) is 2.18. The fourth-order valence-corrected chi connectivity index (χ4v) is 1.42. The number of rotatable bonds is 0. The molecule has 1 aromatic carbocycles. The lowest BCUT2D eigenvalue weighted by atomic mass is 10.1. The molecule has 2 nitrogen and oxygen atoms in total. The molecule has 0 aliphatic carbocycles. The van der Waals surface area contributed by atoms with Gasteiger partial charge in [-0.2, -0.15) is 5.26 Å². The summed E-state index contributed by atoms with van der Waals surface area (Å²) in [5, 5.41) is 10.2. The van der Waals surface area contributed by atoms with Gasteiger partial charge in [0.1, 0.15) is 6.07 Å². The highest BCUT2D eigenvalue weighted by molar-refractivity contribution is 6.32. The van der Waals surface area contributed by atoms with Crippen LogP contribution in [-0.4, -0.2) is 4.98 Å². The Morgan fingerprint density at radius 3 is 2.92 bits per heavy atom. The van der Waals surface area contributed by atoms with Crippen molar-refractivity contribution < 1.29 is 0 Å². The van der Waals surface area contributed by atoms with Crippen LogP contribution in [0.3, 0.4) is 0 Å². The highest BCUT2D eigenvalue weighted by Crippen LogP contribution is 2.22. The van der Waals surface area contributed by atoms with E-state index in [0.717, 1.165) is 5.39 Å². The van der Waals surface area contributed by atoms with E-state index in [1.54, 1.807) is 12.3 Å². The largest absolute Gasteiger partial charge is 0.255 e. The van der Waals surface area contributed by atoms with Crippen LogP contribution in [0.4, 0.5) is 0 Å². The third-order valence-corrected chi connectivity index (χ3v) is 2.15. The Morgan fingerprint density at radius 1 is 1.31 bits per heavy atom. The smallest absolute Gasteiger partial charge is 0.103 e. The van der Waals surface area contributed by atoms with Gasteiger partial charge in [-0.05, 0) is 12.1 Å². The van der Waals surface area contributed by atoms with Crippen LogP contribution < -0.4 is 0 Å². The maximum Gasteiger partial charge on any atom is 0.103 e. The molecule has 1 heterocycles. The number of hydrogen-bond donors (Lipinski definition) is 0. The van der Waals surface area contributed by atoms with Crippen molar-refractivity contribution in [1.29, 1.82) is 5.26 Å². The van der Waals surface area contributed by atoms with E-state index in [2.05, 4.69) is 4.98 Å². The molecule has 0 amide bonds. The predicted octanol–water partition coefficient (Wildman–Crippen LogP) is 2.76. The van der Waals surface area contributed by atoms with Crippen LogP contribution in [0.5, 0.6) is 0 Å². The molecule has 1 aromatic heterocycles. The molecule has 0 N–H and O–H groups in total. The molecule has 0 bridgehead atoms. The highest BCUT2D eigenvalue weighted by atomic mass is 35.5. The molecule has 0 aliphatic heterocycles. The van der Waals surface area contributed by atoms with E-state index in [1.165, 1.54) is 0 Å². The quantitative estimate of drug-likeness (QED) is 0.638. The van der Waals surface area contributed by atoms with E-state index < -0.39 is 0 Å². The third-order valence-electron chi connectivity index (χ3n) is 1.84. The van der Waals surface area contributed by atoms with Crippen LogP contribution in [0.15, 0.2) is 30.5 Å². The molecule has 0 saturated heterocycles. The summed E-state index contributed by atoms with van der Waals surface area (Å²) in [6, 6.07) is 9.34. The zero-order valence-electron chi connectivity index (χ0n) is 6.66. The molecule has 62 valence electrons. The summed E-state index contributed by atoms with van der Waals surface area (Å²) < 4.78 is 0. The Kier molecular flexibility index (Phi) is 1.88. The van der Waals surface area contributed by atoms with E-state index in [4.69, 9.17) is 16.9 Å².